The van der Waals surface area contributed by atoms with Gasteiger partial charge in [0, 0.05) is 12.7 Å². The van der Waals surface area contributed by atoms with Crippen molar-refractivity contribution in [2.75, 3.05) is 6.17 Å². The summed E-state index contributed by atoms with van der Waals surface area (Å²) in [6.07, 6.45) is 1.51. The van der Waals surface area contributed by atoms with Crippen molar-refractivity contribution < 1.29 is 4.79 Å². The van der Waals surface area contributed by atoms with Crippen LogP contribution in [0.25, 0.3) is 0 Å². The van der Waals surface area contributed by atoms with Crippen LogP contribution < -0.4 is 10.6 Å². The van der Waals surface area contributed by atoms with Crippen LogP contribution in [0.5, 0.6) is 0 Å². The Kier molecular flexibility index (Phi) is 6.76. The molecule has 0 saturated heterocycles. The molecule has 0 aliphatic carbocycles. The van der Waals surface area contributed by atoms with Crippen molar-refractivity contribution in [3.8, 4) is 0 Å². The number of carbonyl (C=O) groups excluding carboxylic acids is 1. The Hall–Kier alpha value is -1.91. The van der Waals surface area contributed by atoms with E-state index in [1.165, 1.54) is 11.1 Å². The molecule has 4 heteroatoms. The summed E-state index contributed by atoms with van der Waals surface area (Å²) in [5.41, 5.74) is 2.36. The molecule has 0 unspecified atom stereocenters. The lowest BCUT2D eigenvalue weighted by Crippen LogP contribution is -2.49. The molecule has 0 heterocycles. The van der Waals surface area contributed by atoms with E-state index < -0.39 is 8.07 Å². The molecule has 2 rings (SSSR count). The van der Waals surface area contributed by atoms with Crippen molar-refractivity contribution in [2.45, 2.75) is 38.6 Å². The van der Waals surface area contributed by atoms with Gasteiger partial charge in [0.25, 0.3) is 0 Å². The third-order valence-corrected chi connectivity index (χ3v) is 5.02. The zero-order valence-electron chi connectivity index (χ0n) is 14.9. The first-order valence-electron chi connectivity index (χ1n) is 8.53. The van der Waals surface area contributed by atoms with Gasteiger partial charge in [0.05, 0.1) is 14.1 Å². The monoisotopic (exact) mass is 340 g/mol. The zero-order chi connectivity index (χ0) is 17.4. The minimum atomic E-state index is -1.30. The van der Waals surface area contributed by atoms with Crippen LogP contribution in [0.1, 0.15) is 11.1 Å². The van der Waals surface area contributed by atoms with E-state index in [1.807, 2.05) is 36.4 Å². The molecule has 0 aliphatic rings. The van der Waals surface area contributed by atoms with Gasteiger partial charge in [-0.25, -0.2) is 0 Å². The van der Waals surface area contributed by atoms with E-state index >= 15 is 0 Å². The molecule has 0 aliphatic heterocycles. The summed E-state index contributed by atoms with van der Waals surface area (Å²) in [7, 11) is -1.30. The minimum Gasteiger partial charge on any atom is -0.358 e. The molecule has 0 radical (unpaired) electrons. The van der Waals surface area contributed by atoms with E-state index in [-0.39, 0.29) is 11.9 Å². The highest BCUT2D eigenvalue weighted by Gasteiger charge is 2.21. The van der Waals surface area contributed by atoms with E-state index in [9.17, 15) is 4.79 Å². The van der Waals surface area contributed by atoms with Crippen LogP contribution in [0, 0.1) is 0 Å². The van der Waals surface area contributed by atoms with E-state index in [1.54, 1.807) is 0 Å². The zero-order valence-corrected chi connectivity index (χ0v) is 15.9. The Bertz CT molecular complexity index is 623. The standard InChI is InChI=1S/C20H28N2OSi/c1-24(2,3)16-22-20(23)19(14-17-10-6-4-7-11-17)21-15-18-12-8-5-9-13-18/h4-13,19,21H,14-16H2,1-3H3,(H,22,23)/t19-/m0/s1. The van der Waals surface area contributed by atoms with Gasteiger partial charge >= 0.3 is 0 Å². The molecule has 2 aromatic rings. The Morgan fingerprint density at radius 1 is 0.917 bits per heavy atom. The lowest BCUT2D eigenvalue weighted by atomic mass is 10.0. The summed E-state index contributed by atoms with van der Waals surface area (Å²) < 4.78 is 0. The number of rotatable bonds is 8. The molecule has 0 aromatic heterocycles. The molecule has 2 N–H and O–H groups in total. The van der Waals surface area contributed by atoms with Crippen LogP contribution in [-0.2, 0) is 17.8 Å². The number of amides is 1. The molecule has 1 amide bonds. The summed E-state index contributed by atoms with van der Waals surface area (Å²) in [5.74, 6) is 0.0946. The fourth-order valence-corrected chi connectivity index (χ4v) is 3.12. The Labute approximate surface area is 146 Å². The number of benzene rings is 2. The van der Waals surface area contributed by atoms with Crippen molar-refractivity contribution in [3.63, 3.8) is 0 Å². The van der Waals surface area contributed by atoms with Crippen LogP contribution in [-0.4, -0.2) is 26.2 Å². The van der Waals surface area contributed by atoms with Gasteiger partial charge in [-0.2, -0.15) is 0 Å². The first kappa shape index (κ1) is 18.4. The van der Waals surface area contributed by atoms with E-state index in [2.05, 4.69) is 54.5 Å². The highest BCUT2D eigenvalue weighted by atomic mass is 28.3. The number of hydrogen-bond donors (Lipinski definition) is 2. The molecule has 128 valence electrons. The highest BCUT2D eigenvalue weighted by molar-refractivity contribution is 6.76. The molecule has 0 bridgehead atoms. The van der Waals surface area contributed by atoms with Gasteiger partial charge in [-0.15, -0.1) is 0 Å². The van der Waals surface area contributed by atoms with Crippen molar-refractivity contribution in [3.05, 3.63) is 71.8 Å². The number of nitrogens with one attached hydrogen (secondary N) is 2. The Morgan fingerprint density at radius 3 is 2.00 bits per heavy atom. The van der Waals surface area contributed by atoms with E-state index in [0.717, 1.165) is 6.17 Å². The maximum atomic E-state index is 12.7. The van der Waals surface area contributed by atoms with Gasteiger partial charge in [0.1, 0.15) is 0 Å². The summed E-state index contributed by atoms with van der Waals surface area (Å²) in [5, 5.41) is 6.56. The van der Waals surface area contributed by atoms with Gasteiger partial charge in [-0.3, -0.25) is 4.79 Å². The second-order valence-corrected chi connectivity index (χ2v) is 12.9. The Balaban J connectivity index is 2.01. The fourth-order valence-electron chi connectivity index (χ4n) is 2.42. The first-order chi connectivity index (χ1) is 11.4. The minimum absolute atomic E-state index is 0.0946. The second-order valence-electron chi connectivity index (χ2n) is 7.39. The third-order valence-electron chi connectivity index (χ3n) is 3.79. The molecule has 3 nitrogen and oxygen atoms in total. The van der Waals surface area contributed by atoms with E-state index in [4.69, 9.17) is 0 Å². The predicted octanol–water partition coefficient (Wildman–Crippen LogP) is 3.38. The number of hydrogen-bond acceptors (Lipinski definition) is 2. The molecule has 1 atom stereocenters. The van der Waals surface area contributed by atoms with Crippen molar-refractivity contribution in [1.82, 2.24) is 10.6 Å². The molecular weight excluding hydrogens is 312 g/mol. The smallest absolute Gasteiger partial charge is 0.237 e. The average molecular weight is 341 g/mol. The third kappa shape index (κ3) is 6.68. The molecular formula is C20H28N2OSi. The van der Waals surface area contributed by atoms with Crippen LogP contribution in [0.3, 0.4) is 0 Å². The van der Waals surface area contributed by atoms with Crippen LogP contribution in [0.15, 0.2) is 60.7 Å². The van der Waals surface area contributed by atoms with Gasteiger partial charge < -0.3 is 10.6 Å². The summed E-state index contributed by atoms with van der Waals surface area (Å²) in [4.78, 5) is 12.7. The predicted molar refractivity (Wildman–Crippen MR) is 104 cm³/mol. The molecule has 0 fully saturated rings. The summed E-state index contributed by atoms with van der Waals surface area (Å²) in [6, 6.07) is 20.2. The molecule has 0 spiro atoms. The van der Waals surface area contributed by atoms with Gasteiger partial charge in [-0.05, 0) is 17.5 Å². The SMILES string of the molecule is C[Si](C)(C)CNC(=O)[C@H](Cc1ccccc1)NCc1ccccc1. The van der Waals surface area contributed by atoms with Crippen LogP contribution in [0.4, 0.5) is 0 Å². The topological polar surface area (TPSA) is 41.1 Å². The van der Waals surface area contributed by atoms with Crippen molar-refractivity contribution >= 4 is 14.0 Å². The lowest BCUT2D eigenvalue weighted by molar-refractivity contribution is -0.122. The van der Waals surface area contributed by atoms with Crippen LogP contribution in [0.2, 0.25) is 19.6 Å². The maximum absolute atomic E-state index is 12.7. The summed E-state index contributed by atoms with van der Waals surface area (Å²) in [6.45, 7) is 7.48. The van der Waals surface area contributed by atoms with Gasteiger partial charge in [0.15, 0.2) is 0 Å². The summed E-state index contributed by atoms with van der Waals surface area (Å²) >= 11 is 0. The Morgan fingerprint density at radius 2 is 1.46 bits per heavy atom. The van der Waals surface area contributed by atoms with E-state index in [0.29, 0.717) is 13.0 Å². The first-order valence-corrected chi connectivity index (χ1v) is 12.2. The fraction of sp³-hybridized carbons (Fsp3) is 0.350. The van der Waals surface area contributed by atoms with Crippen molar-refractivity contribution in [2.24, 2.45) is 0 Å². The largest absolute Gasteiger partial charge is 0.358 e. The van der Waals surface area contributed by atoms with Gasteiger partial charge in [0.2, 0.25) is 5.91 Å². The maximum Gasteiger partial charge on any atom is 0.237 e. The lowest BCUT2D eigenvalue weighted by Gasteiger charge is -2.22. The molecule has 0 saturated carbocycles. The second kappa shape index (κ2) is 8.80. The quantitative estimate of drug-likeness (QED) is 0.723. The van der Waals surface area contributed by atoms with Crippen LogP contribution >= 0.6 is 0 Å². The van der Waals surface area contributed by atoms with Crippen molar-refractivity contribution in [1.29, 1.82) is 0 Å². The normalized spacial score (nSPS) is 12.6. The average Bonchev–Trinajstić information content (AvgIpc) is 2.57. The highest BCUT2D eigenvalue weighted by Crippen LogP contribution is 2.06. The molecule has 24 heavy (non-hydrogen) atoms. The number of carbonyl (C=O) groups is 1. The van der Waals surface area contributed by atoms with Gasteiger partial charge in [-0.1, -0.05) is 80.3 Å². The molecule has 2 aromatic carbocycles.